The van der Waals surface area contributed by atoms with Crippen LogP contribution >= 0.6 is 15.9 Å². The summed E-state index contributed by atoms with van der Waals surface area (Å²) in [5.41, 5.74) is -2.70. The van der Waals surface area contributed by atoms with Gasteiger partial charge in [0.25, 0.3) is 11.6 Å². The summed E-state index contributed by atoms with van der Waals surface area (Å²) in [5.74, 6) is -0.543. The van der Waals surface area contributed by atoms with E-state index in [1.54, 1.807) is 36.4 Å². The Balaban J connectivity index is 1.87. The number of nitro groups is 1. The van der Waals surface area contributed by atoms with Crippen LogP contribution in [0.2, 0.25) is 0 Å². The number of nitriles is 1. The Morgan fingerprint density at radius 1 is 1.16 bits per heavy atom. The van der Waals surface area contributed by atoms with Crippen LogP contribution in [0.3, 0.4) is 0 Å². The number of amides is 1. The number of halogens is 4. The van der Waals surface area contributed by atoms with Crippen molar-refractivity contribution in [3.05, 3.63) is 86.1 Å². The minimum absolute atomic E-state index is 0.134. The molecule has 3 rings (SSSR count). The quantitative estimate of drug-likeness (QED) is 0.192. The highest BCUT2D eigenvalue weighted by Gasteiger charge is 2.36. The zero-order valence-electron chi connectivity index (χ0n) is 15.8. The van der Waals surface area contributed by atoms with E-state index in [1.165, 1.54) is 6.07 Å². The number of benzene rings is 2. The summed E-state index contributed by atoms with van der Waals surface area (Å²) >= 11 is 3.31. The maximum Gasteiger partial charge on any atom is 0.418 e. The van der Waals surface area contributed by atoms with Crippen LogP contribution in [0.4, 0.5) is 24.5 Å². The number of carbonyl (C=O) groups excluding carboxylic acids is 1. The van der Waals surface area contributed by atoms with Crippen LogP contribution in [0.25, 0.3) is 17.4 Å². The predicted molar refractivity (Wildman–Crippen MR) is 112 cm³/mol. The third-order valence-corrected chi connectivity index (χ3v) is 4.70. The minimum atomic E-state index is -4.97. The Kier molecular flexibility index (Phi) is 6.45. The van der Waals surface area contributed by atoms with Crippen LogP contribution in [0.5, 0.6) is 0 Å². The van der Waals surface area contributed by atoms with Gasteiger partial charge < -0.3 is 9.73 Å². The fraction of sp³-hybridized carbons (Fsp3) is 0.0476. The van der Waals surface area contributed by atoms with Gasteiger partial charge in [-0.05, 0) is 30.3 Å². The van der Waals surface area contributed by atoms with Crippen LogP contribution in [-0.4, -0.2) is 10.8 Å². The van der Waals surface area contributed by atoms with E-state index in [0.29, 0.717) is 11.8 Å². The lowest BCUT2D eigenvalue weighted by atomic mass is 10.1. The highest BCUT2D eigenvalue weighted by molar-refractivity contribution is 9.10. The molecule has 11 heteroatoms. The molecule has 1 N–H and O–H groups in total. The summed E-state index contributed by atoms with van der Waals surface area (Å²) in [6.45, 7) is 0. The van der Waals surface area contributed by atoms with Gasteiger partial charge in [-0.3, -0.25) is 14.9 Å². The summed E-state index contributed by atoms with van der Waals surface area (Å²) in [5, 5.41) is 22.1. The smallest absolute Gasteiger partial charge is 0.418 e. The number of nitrogens with zero attached hydrogens (tertiary/aromatic N) is 2. The second kappa shape index (κ2) is 9.07. The van der Waals surface area contributed by atoms with Gasteiger partial charge in [0.15, 0.2) is 0 Å². The van der Waals surface area contributed by atoms with E-state index in [2.05, 4.69) is 15.9 Å². The van der Waals surface area contributed by atoms with Crippen molar-refractivity contribution in [1.82, 2.24) is 0 Å². The van der Waals surface area contributed by atoms with E-state index in [1.807, 2.05) is 5.32 Å². The van der Waals surface area contributed by atoms with Gasteiger partial charge in [-0.1, -0.05) is 28.1 Å². The van der Waals surface area contributed by atoms with Gasteiger partial charge in [0, 0.05) is 28.2 Å². The fourth-order valence-corrected chi connectivity index (χ4v) is 2.93. The first kappa shape index (κ1) is 22.8. The lowest BCUT2D eigenvalue weighted by Gasteiger charge is -2.13. The number of hydrogen-bond acceptors (Lipinski definition) is 5. The number of non-ortho nitro benzene ring substituents is 1. The molecule has 32 heavy (non-hydrogen) atoms. The highest BCUT2D eigenvalue weighted by Crippen LogP contribution is 2.37. The highest BCUT2D eigenvalue weighted by atomic mass is 79.9. The van der Waals surface area contributed by atoms with Gasteiger partial charge >= 0.3 is 6.18 Å². The van der Waals surface area contributed by atoms with Crippen LogP contribution in [0.15, 0.2) is 69.1 Å². The van der Waals surface area contributed by atoms with Gasteiger partial charge in [-0.2, -0.15) is 18.4 Å². The number of carbonyl (C=O) groups is 1. The topological polar surface area (TPSA) is 109 Å². The van der Waals surface area contributed by atoms with Crippen LogP contribution in [0, 0.1) is 21.4 Å². The normalized spacial score (nSPS) is 11.7. The zero-order chi connectivity index (χ0) is 23.5. The van der Waals surface area contributed by atoms with E-state index >= 15 is 0 Å². The molecule has 0 unspecified atom stereocenters. The molecule has 162 valence electrons. The molecule has 0 aliphatic rings. The lowest BCUT2D eigenvalue weighted by Crippen LogP contribution is -2.18. The van der Waals surface area contributed by atoms with E-state index in [4.69, 9.17) is 4.42 Å². The Morgan fingerprint density at radius 3 is 2.44 bits per heavy atom. The summed E-state index contributed by atoms with van der Waals surface area (Å²) < 4.78 is 46.3. The third-order valence-electron chi connectivity index (χ3n) is 4.17. The Labute approximate surface area is 187 Å². The summed E-state index contributed by atoms with van der Waals surface area (Å²) in [6.07, 6.45) is -3.89. The molecule has 0 fully saturated rings. The number of nitrogens with one attached hydrogen (secondary N) is 1. The maximum absolute atomic E-state index is 13.3. The van der Waals surface area contributed by atoms with Gasteiger partial charge in [-0.25, -0.2) is 0 Å². The molecule has 0 saturated carbocycles. The number of alkyl halides is 3. The Morgan fingerprint density at radius 2 is 1.84 bits per heavy atom. The molecule has 7 nitrogen and oxygen atoms in total. The average Bonchev–Trinajstić information content (AvgIpc) is 3.20. The van der Waals surface area contributed by atoms with Crippen molar-refractivity contribution in [2.24, 2.45) is 0 Å². The van der Waals surface area contributed by atoms with Crippen molar-refractivity contribution in [3.8, 4) is 17.4 Å². The summed E-state index contributed by atoms with van der Waals surface area (Å²) in [6, 6.07) is 13.7. The first-order valence-electron chi connectivity index (χ1n) is 8.73. The standard InChI is InChI=1S/C21H11BrF3N3O4/c22-14-3-1-12(2-4-14)19-8-6-16(32-19)9-13(11-26)20(29)27-18-7-5-15(28(30)31)10-17(18)21(23,24)25/h1-10H,(H,27,29)/b13-9+. The SMILES string of the molecule is N#C/C(=C\c1ccc(-c2ccc(Br)cc2)o1)C(=O)Nc1ccc([N+](=O)[O-])cc1C(F)(F)F. The van der Waals surface area contributed by atoms with E-state index < -0.39 is 39.5 Å². The van der Waals surface area contributed by atoms with Gasteiger partial charge in [0.2, 0.25) is 0 Å². The van der Waals surface area contributed by atoms with Crippen molar-refractivity contribution in [3.63, 3.8) is 0 Å². The molecule has 1 amide bonds. The molecule has 2 aromatic carbocycles. The molecular weight excluding hydrogens is 495 g/mol. The van der Waals surface area contributed by atoms with Crippen molar-refractivity contribution >= 4 is 39.3 Å². The van der Waals surface area contributed by atoms with Gasteiger partial charge in [0.1, 0.15) is 23.2 Å². The fourth-order valence-electron chi connectivity index (χ4n) is 2.67. The van der Waals surface area contributed by atoms with Gasteiger partial charge in [0.05, 0.1) is 16.2 Å². The van der Waals surface area contributed by atoms with E-state index in [-0.39, 0.29) is 5.76 Å². The molecular formula is C21H11BrF3N3O4. The second-order valence-corrected chi connectivity index (χ2v) is 7.23. The number of nitro benzene ring substituents is 1. The van der Waals surface area contributed by atoms with Crippen molar-refractivity contribution < 1.29 is 27.3 Å². The van der Waals surface area contributed by atoms with Crippen molar-refractivity contribution in [2.75, 3.05) is 5.32 Å². The summed E-state index contributed by atoms with van der Waals surface area (Å²) in [4.78, 5) is 22.2. The minimum Gasteiger partial charge on any atom is -0.457 e. The molecule has 1 heterocycles. The van der Waals surface area contributed by atoms with Crippen LogP contribution in [-0.2, 0) is 11.0 Å². The first-order valence-corrected chi connectivity index (χ1v) is 9.52. The molecule has 1 aromatic heterocycles. The predicted octanol–water partition coefficient (Wildman–Crippen LogP) is 6.18. The molecule has 0 atom stereocenters. The van der Waals surface area contributed by atoms with Crippen LogP contribution in [0.1, 0.15) is 11.3 Å². The zero-order valence-corrected chi connectivity index (χ0v) is 17.4. The number of furan rings is 1. The van der Waals surface area contributed by atoms with E-state index in [9.17, 15) is 33.3 Å². The average molecular weight is 506 g/mol. The molecule has 0 bridgehead atoms. The molecule has 3 aromatic rings. The van der Waals surface area contributed by atoms with E-state index in [0.717, 1.165) is 28.2 Å². The second-order valence-electron chi connectivity index (χ2n) is 6.32. The Hall–Kier alpha value is -3.91. The maximum atomic E-state index is 13.3. The molecule has 0 radical (unpaired) electrons. The van der Waals surface area contributed by atoms with Gasteiger partial charge in [-0.15, -0.1) is 0 Å². The third kappa shape index (κ3) is 5.22. The van der Waals surface area contributed by atoms with Crippen LogP contribution < -0.4 is 5.32 Å². The first-order chi connectivity index (χ1) is 15.1. The van der Waals surface area contributed by atoms with Crippen molar-refractivity contribution in [1.29, 1.82) is 5.26 Å². The van der Waals surface area contributed by atoms with Crippen molar-refractivity contribution in [2.45, 2.75) is 6.18 Å². The number of rotatable bonds is 5. The summed E-state index contributed by atoms with van der Waals surface area (Å²) in [7, 11) is 0. The Bertz CT molecular complexity index is 1260. The largest absolute Gasteiger partial charge is 0.457 e. The number of hydrogen-bond donors (Lipinski definition) is 1. The monoisotopic (exact) mass is 505 g/mol. The number of anilines is 1. The molecule has 0 aliphatic carbocycles. The molecule has 0 spiro atoms. The lowest BCUT2D eigenvalue weighted by molar-refractivity contribution is -0.385. The molecule has 0 saturated heterocycles. The molecule has 0 aliphatic heterocycles.